The number of Topliss-reactive ketones (excluding diaryl/α,β-unsaturated/α-hetero) is 1. The van der Waals surface area contributed by atoms with Gasteiger partial charge in [-0.3, -0.25) is 9.59 Å². The summed E-state index contributed by atoms with van der Waals surface area (Å²) in [5, 5.41) is 2.53. The first-order valence-corrected chi connectivity index (χ1v) is 10.1. The highest BCUT2D eigenvalue weighted by molar-refractivity contribution is 7.89. The molecule has 0 unspecified atom stereocenters. The number of aromatic nitrogens is 1. The van der Waals surface area contributed by atoms with E-state index >= 15 is 0 Å². The number of aryl methyl sites for hydroxylation is 1. The number of esters is 1. The number of carbonyl (C=O) groups is 3. The molecule has 1 heterocycles. The molecule has 1 aromatic heterocycles. The first-order valence-electron chi connectivity index (χ1n) is 8.65. The number of carbonyl (C=O) groups excluding carboxylic acids is 3. The van der Waals surface area contributed by atoms with Gasteiger partial charge in [-0.15, -0.1) is 0 Å². The first-order chi connectivity index (χ1) is 13.4. The maximum absolute atomic E-state index is 12.4. The lowest BCUT2D eigenvalue weighted by molar-refractivity contribution is -0.123. The van der Waals surface area contributed by atoms with Crippen molar-refractivity contribution in [3.63, 3.8) is 0 Å². The smallest absolute Gasteiger partial charge is 0.355 e. The van der Waals surface area contributed by atoms with Crippen molar-refractivity contribution in [2.24, 2.45) is 7.05 Å². The summed E-state index contributed by atoms with van der Waals surface area (Å²) in [5.41, 5.74) is 0.739. The average Bonchev–Trinajstić information content (AvgIpc) is 3.04. The summed E-state index contributed by atoms with van der Waals surface area (Å²) in [6, 6.07) is 7.15. The quantitative estimate of drug-likeness (QED) is 0.537. The zero-order chi connectivity index (χ0) is 21.9. The van der Waals surface area contributed by atoms with Crippen molar-refractivity contribution in [3.05, 3.63) is 47.8 Å². The van der Waals surface area contributed by atoms with Crippen LogP contribution in [0.2, 0.25) is 0 Å². The fraction of sp³-hybridized carbons (Fsp3) is 0.316. The summed E-state index contributed by atoms with van der Waals surface area (Å²) in [6.07, 6.45) is 0.354. The van der Waals surface area contributed by atoms with E-state index in [0.717, 1.165) is 4.31 Å². The summed E-state index contributed by atoms with van der Waals surface area (Å²) in [5.74, 6) is -1.58. The van der Waals surface area contributed by atoms with Crippen LogP contribution in [0, 0.1) is 0 Å². The van der Waals surface area contributed by atoms with Gasteiger partial charge in [-0.2, -0.15) is 0 Å². The molecule has 0 saturated heterocycles. The van der Waals surface area contributed by atoms with Gasteiger partial charge in [0.05, 0.1) is 4.90 Å². The normalized spacial score (nSPS) is 12.5. The molecule has 1 atom stereocenters. The van der Waals surface area contributed by atoms with Crippen LogP contribution < -0.4 is 5.32 Å². The van der Waals surface area contributed by atoms with E-state index in [9.17, 15) is 22.8 Å². The molecule has 1 aromatic carbocycles. The molecule has 0 fully saturated rings. The highest BCUT2D eigenvalue weighted by Crippen LogP contribution is 2.18. The van der Waals surface area contributed by atoms with Crippen LogP contribution in [0.3, 0.4) is 0 Å². The highest BCUT2D eigenvalue weighted by Gasteiger charge is 2.23. The SMILES string of the molecule is CC(=O)c1cc(C(=O)O[C@H](C)C(=O)Nc2cccc(S(=O)(=O)N(C)C)c2)n(C)c1. The van der Waals surface area contributed by atoms with Crippen molar-refractivity contribution in [1.29, 1.82) is 0 Å². The van der Waals surface area contributed by atoms with E-state index in [-0.39, 0.29) is 22.1 Å². The van der Waals surface area contributed by atoms with Crippen molar-refractivity contribution in [2.75, 3.05) is 19.4 Å². The molecule has 0 aliphatic heterocycles. The van der Waals surface area contributed by atoms with Crippen LogP contribution in [0.15, 0.2) is 41.4 Å². The van der Waals surface area contributed by atoms with Gasteiger partial charge in [-0.05, 0) is 38.1 Å². The van der Waals surface area contributed by atoms with Crippen LogP contribution in [-0.4, -0.2) is 55.1 Å². The topological polar surface area (TPSA) is 115 Å². The predicted molar refractivity (Wildman–Crippen MR) is 106 cm³/mol. The van der Waals surface area contributed by atoms with Gasteiger partial charge in [-0.1, -0.05) is 6.07 Å². The Morgan fingerprint density at radius 2 is 1.83 bits per heavy atom. The maximum Gasteiger partial charge on any atom is 0.355 e. The van der Waals surface area contributed by atoms with Crippen molar-refractivity contribution in [1.82, 2.24) is 8.87 Å². The fourth-order valence-corrected chi connectivity index (χ4v) is 3.37. The molecule has 0 aliphatic rings. The van der Waals surface area contributed by atoms with Gasteiger partial charge in [0, 0.05) is 38.6 Å². The third-order valence-corrected chi connectivity index (χ3v) is 5.96. The number of amides is 1. The van der Waals surface area contributed by atoms with Gasteiger partial charge < -0.3 is 14.6 Å². The third kappa shape index (κ3) is 5.09. The number of nitrogens with one attached hydrogen (secondary N) is 1. The number of anilines is 1. The lowest BCUT2D eigenvalue weighted by Gasteiger charge is -2.15. The Morgan fingerprint density at radius 3 is 2.38 bits per heavy atom. The molecule has 0 spiro atoms. The summed E-state index contributed by atoms with van der Waals surface area (Å²) < 4.78 is 32.1. The zero-order valence-electron chi connectivity index (χ0n) is 16.8. The minimum Gasteiger partial charge on any atom is -0.448 e. The monoisotopic (exact) mass is 421 g/mol. The van der Waals surface area contributed by atoms with Crippen molar-refractivity contribution in [2.45, 2.75) is 24.8 Å². The van der Waals surface area contributed by atoms with Crippen molar-refractivity contribution < 1.29 is 27.5 Å². The molecule has 2 rings (SSSR count). The summed E-state index contributed by atoms with van der Waals surface area (Å²) in [7, 11) is 0.746. The average molecular weight is 421 g/mol. The first kappa shape index (κ1) is 22.3. The standard InChI is InChI=1S/C19H23N3O6S/c1-12(23)14-9-17(22(5)11-14)19(25)28-13(2)18(24)20-15-7-6-8-16(10-15)29(26,27)21(3)4/h6-11,13H,1-5H3,(H,20,24)/t13-/m1/s1. The number of sulfonamides is 1. The molecule has 0 bridgehead atoms. The molecule has 29 heavy (non-hydrogen) atoms. The molecule has 9 nitrogen and oxygen atoms in total. The number of ether oxygens (including phenoxy) is 1. The van der Waals surface area contributed by atoms with Crippen LogP contribution in [0.1, 0.15) is 34.7 Å². The van der Waals surface area contributed by atoms with Crippen LogP contribution in [0.25, 0.3) is 0 Å². The number of ketones is 1. The molecule has 1 N–H and O–H groups in total. The van der Waals surface area contributed by atoms with E-state index in [1.54, 1.807) is 7.05 Å². The number of rotatable bonds is 7. The molecule has 0 aliphatic carbocycles. The van der Waals surface area contributed by atoms with Gasteiger partial charge in [-0.25, -0.2) is 17.5 Å². The van der Waals surface area contributed by atoms with Crippen LogP contribution >= 0.6 is 0 Å². The zero-order valence-corrected chi connectivity index (χ0v) is 17.6. The summed E-state index contributed by atoms with van der Waals surface area (Å²) in [6.45, 7) is 2.77. The Kier molecular flexibility index (Phi) is 6.60. The molecule has 1 amide bonds. The molecule has 0 radical (unpaired) electrons. The maximum atomic E-state index is 12.4. The summed E-state index contributed by atoms with van der Waals surface area (Å²) >= 11 is 0. The van der Waals surface area contributed by atoms with Crippen molar-refractivity contribution in [3.8, 4) is 0 Å². The predicted octanol–water partition coefficient (Wildman–Crippen LogP) is 1.66. The van der Waals surface area contributed by atoms with E-state index in [0.29, 0.717) is 5.56 Å². The minimum atomic E-state index is -3.65. The second kappa shape index (κ2) is 8.58. The lowest BCUT2D eigenvalue weighted by Crippen LogP contribution is -2.30. The van der Waals surface area contributed by atoms with E-state index in [2.05, 4.69) is 5.32 Å². The Morgan fingerprint density at radius 1 is 1.17 bits per heavy atom. The Labute approximate surface area is 169 Å². The lowest BCUT2D eigenvalue weighted by atomic mass is 10.2. The number of benzene rings is 1. The number of nitrogens with zero attached hydrogens (tertiary/aromatic N) is 2. The van der Waals surface area contributed by atoms with Gasteiger partial charge in [0.15, 0.2) is 11.9 Å². The molecular formula is C19H23N3O6S. The van der Waals surface area contributed by atoms with E-state index in [1.165, 1.54) is 69.0 Å². The van der Waals surface area contributed by atoms with E-state index in [1.807, 2.05) is 0 Å². The fourth-order valence-electron chi connectivity index (χ4n) is 2.42. The molecule has 156 valence electrons. The molecular weight excluding hydrogens is 398 g/mol. The molecule has 2 aromatic rings. The van der Waals surface area contributed by atoms with Gasteiger partial charge in [0.25, 0.3) is 5.91 Å². The van der Waals surface area contributed by atoms with Gasteiger partial charge >= 0.3 is 5.97 Å². The Hall–Kier alpha value is -2.98. The van der Waals surface area contributed by atoms with Crippen LogP contribution in [-0.2, 0) is 26.6 Å². The van der Waals surface area contributed by atoms with Crippen LogP contribution in [0.5, 0.6) is 0 Å². The van der Waals surface area contributed by atoms with E-state index < -0.39 is 28.0 Å². The second-order valence-electron chi connectivity index (χ2n) is 6.63. The van der Waals surface area contributed by atoms with Gasteiger partial charge in [0.1, 0.15) is 5.69 Å². The minimum absolute atomic E-state index is 0.0190. The Bertz CT molecular complexity index is 1060. The van der Waals surface area contributed by atoms with Crippen LogP contribution in [0.4, 0.5) is 5.69 Å². The number of hydrogen-bond acceptors (Lipinski definition) is 6. The molecule has 0 saturated carbocycles. The summed E-state index contributed by atoms with van der Waals surface area (Å²) in [4.78, 5) is 36.1. The van der Waals surface area contributed by atoms with E-state index in [4.69, 9.17) is 4.74 Å². The largest absolute Gasteiger partial charge is 0.448 e. The third-order valence-electron chi connectivity index (χ3n) is 4.15. The van der Waals surface area contributed by atoms with Gasteiger partial charge in [0.2, 0.25) is 10.0 Å². The second-order valence-corrected chi connectivity index (χ2v) is 8.78. The molecule has 10 heteroatoms. The Balaban J connectivity index is 2.10. The number of hydrogen-bond donors (Lipinski definition) is 1. The highest BCUT2D eigenvalue weighted by atomic mass is 32.2. The van der Waals surface area contributed by atoms with Crippen molar-refractivity contribution >= 4 is 33.4 Å².